The number of carbonyl (C=O) groups is 1. The second kappa shape index (κ2) is 6.15. The van der Waals surface area contributed by atoms with E-state index in [0.717, 1.165) is 24.8 Å². The Balaban J connectivity index is 2.28. The number of nitrogens with zero attached hydrogens (tertiary/aromatic N) is 1. The largest absolute Gasteiger partial charge is 0.506 e. The maximum Gasteiger partial charge on any atom is 0.339 e. The third-order valence-electron chi connectivity index (χ3n) is 4.45. The highest BCUT2D eigenvalue weighted by Crippen LogP contribution is 2.37. The first-order chi connectivity index (χ1) is 11.4. The minimum Gasteiger partial charge on any atom is -0.506 e. The third-order valence-corrected chi connectivity index (χ3v) is 4.45. The van der Waals surface area contributed by atoms with Crippen LogP contribution in [0.15, 0.2) is 27.6 Å². The molecule has 1 aliphatic rings. The first-order valence-electron chi connectivity index (χ1n) is 8.10. The van der Waals surface area contributed by atoms with E-state index in [1.54, 1.807) is 24.1 Å². The van der Waals surface area contributed by atoms with Crippen LogP contribution >= 0.6 is 0 Å². The molecule has 5 heteroatoms. The average molecular weight is 327 g/mol. The lowest BCUT2D eigenvalue weighted by atomic mass is 9.88. The molecule has 24 heavy (non-hydrogen) atoms. The number of rotatable bonds is 3. The minimum absolute atomic E-state index is 0.0830. The molecule has 1 heterocycles. The van der Waals surface area contributed by atoms with E-state index >= 15 is 0 Å². The van der Waals surface area contributed by atoms with E-state index < -0.39 is 0 Å². The lowest BCUT2D eigenvalue weighted by Crippen LogP contribution is -2.16. The van der Waals surface area contributed by atoms with Crippen molar-refractivity contribution in [1.29, 1.82) is 0 Å². The smallest absolute Gasteiger partial charge is 0.339 e. The average Bonchev–Trinajstić information content (AvgIpc) is 2.52. The number of aryl methyl sites for hydroxylation is 2. The fourth-order valence-corrected chi connectivity index (χ4v) is 3.32. The normalized spacial score (nSPS) is 14.1. The van der Waals surface area contributed by atoms with E-state index in [1.165, 1.54) is 6.08 Å². The molecule has 0 aliphatic heterocycles. The molecule has 1 aromatic heterocycles. The maximum absolute atomic E-state index is 12.5. The Morgan fingerprint density at radius 1 is 1.25 bits per heavy atom. The summed E-state index contributed by atoms with van der Waals surface area (Å²) in [6, 6.07) is 1.67. The fraction of sp³-hybridized carbons (Fsp3) is 0.368. The Bertz CT molecular complexity index is 906. The van der Waals surface area contributed by atoms with Crippen molar-refractivity contribution in [2.45, 2.75) is 32.6 Å². The van der Waals surface area contributed by atoms with Gasteiger partial charge in [-0.1, -0.05) is 0 Å². The van der Waals surface area contributed by atoms with Gasteiger partial charge in [0, 0.05) is 31.9 Å². The van der Waals surface area contributed by atoms with Crippen LogP contribution in [0, 0.1) is 6.92 Å². The van der Waals surface area contributed by atoms with Gasteiger partial charge < -0.3 is 14.4 Å². The van der Waals surface area contributed by atoms with Gasteiger partial charge in [0.15, 0.2) is 5.78 Å². The molecule has 3 rings (SSSR count). The first-order valence-corrected chi connectivity index (χ1v) is 8.10. The molecule has 0 atom stereocenters. The predicted octanol–water partition coefficient (Wildman–Crippen LogP) is 2.94. The van der Waals surface area contributed by atoms with Crippen LogP contribution in [0.2, 0.25) is 0 Å². The van der Waals surface area contributed by atoms with Gasteiger partial charge in [-0.2, -0.15) is 0 Å². The highest BCUT2D eigenvalue weighted by atomic mass is 16.4. The van der Waals surface area contributed by atoms with E-state index in [4.69, 9.17) is 4.42 Å². The highest BCUT2D eigenvalue weighted by molar-refractivity contribution is 6.11. The van der Waals surface area contributed by atoms with Gasteiger partial charge in [-0.3, -0.25) is 4.79 Å². The van der Waals surface area contributed by atoms with Crippen molar-refractivity contribution in [2.75, 3.05) is 14.1 Å². The summed E-state index contributed by atoms with van der Waals surface area (Å²) in [5.74, 6) is -0.350. The second-order valence-corrected chi connectivity index (χ2v) is 6.49. The summed E-state index contributed by atoms with van der Waals surface area (Å²) in [6.07, 6.45) is 6.35. The standard InChI is InChI=1S/C19H21NO4/c1-11-10-15-17(12-6-4-5-7-13(12)19(23)24-15)18(22)16(11)14(21)8-9-20(2)3/h8-10,22H,4-7H2,1-3H3/b9-8+. The molecule has 2 aromatic rings. The van der Waals surface area contributed by atoms with Crippen LogP contribution in [-0.4, -0.2) is 29.9 Å². The number of hydrogen-bond acceptors (Lipinski definition) is 5. The van der Waals surface area contributed by atoms with Crippen molar-refractivity contribution < 1.29 is 14.3 Å². The molecular weight excluding hydrogens is 306 g/mol. The number of hydrogen-bond donors (Lipinski definition) is 1. The number of allylic oxidation sites excluding steroid dienone is 1. The number of ketones is 1. The van der Waals surface area contributed by atoms with E-state index in [0.29, 0.717) is 28.5 Å². The Hall–Kier alpha value is -2.56. The zero-order valence-corrected chi connectivity index (χ0v) is 14.2. The van der Waals surface area contributed by atoms with Crippen LogP contribution in [0.25, 0.3) is 11.0 Å². The summed E-state index contributed by atoms with van der Waals surface area (Å²) >= 11 is 0. The van der Waals surface area contributed by atoms with E-state index in [9.17, 15) is 14.7 Å². The molecular formula is C19H21NO4. The van der Waals surface area contributed by atoms with E-state index in [2.05, 4.69) is 0 Å². The van der Waals surface area contributed by atoms with Crippen LogP contribution in [-0.2, 0) is 12.8 Å². The summed E-state index contributed by atoms with van der Waals surface area (Å²) in [5, 5.41) is 11.3. The lowest BCUT2D eigenvalue weighted by molar-refractivity contribution is 0.104. The summed E-state index contributed by atoms with van der Waals surface area (Å²) in [5.41, 5.74) is 2.34. The molecule has 1 aromatic carbocycles. The third kappa shape index (κ3) is 2.70. The quantitative estimate of drug-likeness (QED) is 0.533. The summed E-state index contributed by atoms with van der Waals surface area (Å²) in [6.45, 7) is 1.73. The number of benzene rings is 1. The van der Waals surface area contributed by atoms with Gasteiger partial charge in [0.1, 0.15) is 11.3 Å². The van der Waals surface area contributed by atoms with Crippen LogP contribution in [0.5, 0.6) is 5.75 Å². The fourth-order valence-electron chi connectivity index (χ4n) is 3.32. The van der Waals surface area contributed by atoms with Crippen molar-refractivity contribution in [1.82, 2.24) is 4.90 Å². The maximum atomic E-state index is 12.5. The lowest BCUT2D eigenvalue weighted by Gasteiger charge is -2.18. The van der Waals surface area contributed by atoms with Crippen molar-refractivity contribution in [3.05, 3.63) is 51.0 Å². The van der Waals surface area contributed by atoms with Crippen molar-refractivity contribution in [2.24, 2.45) is 0 Å². The Morgan fingerprint density at radius 2 is 1.92 bits per heavy atom. The number of phenols is 1. The van der Waals surface area contributed by atoms with Crippen molar-refractivity contribution in [3.63, 3.8) is 0 Å². The zero-order chi connectivity index (χ0) is 17.4. The number of carbonyl (C=O) groups excluding carboxylic acids is 1. The van der Waals surface area contributed by atoms with Gasteiger partial charge in [0.25, 0.3) is 0 Å². The first kappa shape index (κ1) is 16.3. The van der Waals surface area contributed by atoms with Crippen LogP contribution in [0.1, 0.15) is 39.9 Å². The Kier molecular flexibility index (Phi) is 4.18. The van der Waals surface area contributed by atoms with Crippen molar-refractivity contribution >= 4 is 16.8 Å². The van der Waals surface area contributed by atoms with Gasteiger partial charge in [-0.25, -0.2) is 4.79 Å². The van der Waals surface area contributed by atoms with E-state index in [-0.39, 0.29) is 22.7 Å². The molecule has 0 amide bonds. The predicted molar refractivity (Wildman–Crippen MR) is 92.7 cm³/mol. The molecule has 1 aliphatic carbocycles. The van der Waals surface area contributed by atoms with Gasteiger partial charge in [0.05, 0.1) is 10.9 Å². The number of fused-ring (bicyclic) bond motifs is 3. The monoisotopic (exact) mass is 327 g/mol. The molecule has 0 saturated heterocycles. The van der Waals surface area contributed by atoms with Crippen molar-refractivity contribution in [3.8, 4) is 5.75 Å². The topological polar surface area (TPSA) is 70.7 Å². The summed E-state index contributed by atoms with van der Waals surface area (Å²) in [7, 11) is 3.64. The van der Waals surface area contributed by atoms with Gasteiger partial charge in [-0.15, -0.1) is 0 Å². The minimum atomic E-state index is -0.331. The molecule has 0 spiro atoms. The molecule has 0 radical (unpaired) electrons. The number of aromatic hydroxyl groups is 1. The Morgan fingerprint density at radius 3 is 2.58 bits per heavy atom. The zero-order valence-electron chi connectivity index (χ0n) is 14.2. The molecule has 126 valence electrons. The molecule has 0 unspecified atom stereocenters. The second-order valence-electron chi connectivity index (χ2n) is 6.49. The van der Waals surface area contributed by atoms with E-state index in [1.807, 2.05) is 14.1 Å². The van der Waals surface area contributed by atoms with Gasteiger partial charge in [0.2, 0.25) is 0 Å². The van der Waals surface area contributed by atoms with Crippen LogP contribution in [0.3, 0.4) is 0 Å². The molecule has 5 nitrogen and oxygen atoms in total. The molecule has 0 bridgehead atoms. The number of phenolic OH excluding ortho intramolecular Hbond substituents is 1. The SMILES string of the molecule is Cc1cc2oc(=O)c3c(c2c(O)c1C(=O)/C=C/N(C)C)CCCC3. The summed E-state index contributed by atoms with van der Waals surface area (Å²) < 4.78 is 5.40. The summed E-state index contributed by atoms with van der Waals surface area (Å²) in [4.78, 5) is 26.4. The molecule has 0 saturated carbocycles. The van der Waals surface area contributed by atoms with Gasteiger partial charge in [-0.05, 0) is 49.8 Å². The van der Waals surface area contributed by atoms with Gasteiger partial charge >= 0.3 is 5.63 Å². The Labute approximate surface area is 140 Å². The molecule has 1 N–H and O–H groups in total. The highest BCUT2D eigenvalue weighted by Gasteiger charge is 2.24. The molecule has 0 fully saturated rings. The van der Waals surface area contributed by atoms with Crippen LogP contribution in [0.4, 0.5) is 0 Å². The van der Waals surface area contributed by atoms with Crippen LogP contribution < -0.4 is 5.63 Å².